The number of hydrogen-bond acceptors (Lipinski definition) is 3. The van der Waals surface area contributed by atoms with Gasteiger partial charge in [-0.1, -0.05) is 11.6 Å². The van der Waals surface area contributed by atoms with E-state index in [9.17, 15) is 0 Å². The monoisotopic (exact) mass is 254 g/mol. The second-order valence-electron chi connectivity index (χ2n) is 4.66. The van der Waals surface area contributed by atoms with Crippen LogP contribution in [0.25, 0.3) is 0 Å². The lowest BCUT2D eigenvalue weighted by atomic mass is 9.98. The molecule has 1 aliphatic heterocycles. The molecule has 0 radical (unpaired) electrons. The minimum Gasteiger partial charge on any atom is -0.378 e. The van der Waals surface area contributed by atoms with Crippen LogP contribution in [0.15, 0.2) is 18.5 Å². The minimum atomic E-state index is 0.109. The number of halogens is 1. The number of pyridine rings is 1. The van der Waals surface area contributed by atoms with Gasteiger partial charge in [-0.25, -0.2) is 0 Å². The van der Waals surface area contributed by atoms with Crippen LogP contribution in [-0.4, -0.2) is 23.7 Å². The van der Waals surface area contributed by atoms with Crippen molar-refractivity contribution in [2.75, 3.05) is 6.61 Å². The van der Waals surface area contributed by atoms with Gasteiger partial charge >= 0.3 is 0 Å². The molecule has 4 heteroatoms. The van der Waals surface area contributed by atoms with Crippen molar-refractivity contribution in [2.45, 2.75) is 44.2 Å². The quantitative estimate of drug-likeness (QED) is 0.898. The highest BCUT2D eigenvalue weighted by atomic mass is 35.5. The minimum absolute atomic E-state index is 0.109. The molecule has 0 spiro atoms. The molecule has 0 bridgehead atoms. The molecular weight excluding hydrogens is 236 g/mol. The first-order chi connectivity index (χ1) is 8.25. The largest absolute Gasteiger partial charge is 0.378 e. The van der Waals surface area contributed by atoms with Gasteiger partial charge in [0.1, 0.15) is 0 Å². The van der Waals surface area contributed by atoms with Crippen LogP contribution in [0.2, 0.25) is 5.02 Å². The highest BCUT2D eigenvalue weighted by molar-refractivity contribution is 6.31. The Kier molecular flexibility index (Phi) is 4.77. The summed E-state index contributed by atoms with van der Waals surface area (Å²) in [5.41, 5.74) is 7.22. The molecule has 17 heavy (non-hydrogen) atoms. The molecule has 2 rings (SSSR count). The van der Waals surface area contributed by atoms with Crippen molar-refractivity contribution in [2.24, 2.45) is 5.73 Å². The molecule has 1 saturated heterocycles. The Morgan fingerprint density at radius 2 is 2.41 bits per heavy atom. The Bertz CT molecular complexity index is 353. The average Bonchev–Trinajstić information content (AvgIpc) is 2.33. The zero-order valence-corrected chi connectivity index (χ0v) is 10.7. The summed E-state index contributed by atoms with van der Waals surface area (Å²) in [6.45, 7) is 0.882. The van der Waals surface area contributed by atoms with Crippen molar-refractivity contribution < 1.29 is 4.74 Å². The number of aromatic nitrogens is 1. The Labute approximate surface area is 107 Å². The van der Waals surface area contributed by atoms with Crippen molar-refractivity contribution in [1.29, 1.82) is 0 Å². The number of ether oxygens (including phenoxy) is 1. The Hall–Kier alpha value is -0.640. The van der Waals surface area contributed by atoms with E-state index in [0.717, 1.165) is 31.4 Å². The summed E-state index contributed by atoms with van der Waals surface area (Å²) < 4.78 is 5.69. The second-order valence-corrected chi connectivity index (χ2v) is 5.06. The van der Waals surface area contributed by atoms with E-state index >= 15 is 0 Å². The summed E-state index contributed by atoms with van der Waals surface area (Å²) in [7, 11) is 0. The van der Waals surface area contributed by atoms with Crippen LogP contribution in [-0.2, 0) is 11.2 Å². The molecule has 1 aliphatic rings. The van der Waals surface area contributed by atoms with Gasteiger partial charge < -0.3 is 10.5 Å². The summed E-state index contributed by atoms with van der Waals surface area (Å²) in [5, 5.41) is 0.701. The van der Waals surface area contributed by atoms with Crippen molar-refractivity contribution in [1.82, 2.24) is 4.98 Å². The van der Waals surface area contributed by atoms with Crippen LogP contribution in [0.3, 0.4) is 0 Å². The molecule has 94 valence electrons. The van der Waals surface area contributed by atoms with E-state index in [2.05, 4.69) is 4.98 Å². The van der Waals surface area contributed by atoms with Crippen LogP contribution >= 0.6 is 11.6 Å². The molecule has 2 unspecified atom stereocenters. The average molecular weight is 255 g/mol. The molecule has 3 nitrogen and oxygen atoms in total. The maximum absolute atomic E-state index is 6.15. The van der Waals surface area contributed by atoms with Gasteiger partial charge in [-0.15, -0.1) is 0 Å². The van der Waals surface area contributed by atoms with Gasteiger partial charge in [-0.3, -0.25) is 4.98 Å². The topological polar surface area (TPSA) is 48.1 Å². The zero-order chi connectivity index (χ0) is 12.1. The summed E-state index contributed by atoms with van der Waals surface area (Å²) in [6, 6.07) is 2.04. The molecule has 0 amide bonds. The summed E-state index contributed by atoms with van der Waals surface area (Å²) >= 11 is 6.06. The van der Waals surface area contributed by atoms with E-state index in [1.54, 1.807) is 12.4 Å². The van der Waals surface area contributed by atoms with Crippen LogP contribution in [0.4, 0.5) is 0 Å². The van der Waals surface area contributed by atoms with E-state index in [0.29, 0.717) is 11.1 Å². The number of nitrogens with two attached hydrogens (primary N) is 1. The summed E-state index contributed by atoms with van der Waals surface area (Å²) in [5.74, 6) is 0. The molecule has 1 aromatic heterocycles. The van der Waals surface area contributed by atoms with Gasteiger partial charge in [0.15, 0.2) is 0 Å². The van der Waals surface area contributed by atoms with E-state index in [4.69, 9.17) is 22.1 Å². The number of hydrogen-bond donors (Lipinski definition) is 1. The van der Waals surface area contributed by atoms with Crippen molar-refractivity contribution in [3.63, 3.8) is 0 Å². The summed E-state index contributed by atoms with van der Waals surface area (Å²) in [6.07, 6.45) is 9.04. The zero-order valence-electron chi connectivity index (χ0n) is 9.94. The Morgan fingerprint density at radius 1 is 1.53 bits per heavy atom. The lowest BCUT2D eigenvalue weighted by Crippen LogP contribution is -2.31. The molecular formula is C13H19ClN2O. The Morgan fingerprint density at radius 3 is 3.12 bits per heavy atom. The summed E-state index contributed by atoms with van der Waals surface area (Å²) in [4.78, 5) is 3.97. The van der Waals surface area contributed by atoms with Gasteiger partial charge in [-0.2, -0.15) is 0 Å². The van der Waals surface area contributed by atoms with Gasteiger partial charge in [-0.05, 0) is 43.7 Å². The molecule has 2 heterocycles. The normalized spacial score (nSPS) is 22.4. The van der Waals surface area contributed by atoms with Crippen molar-refractivity contribution in [3.05, 3.63) is 29.0 Å². The van der Waals surface area contributed by atoms with Gasteiger partial charge in [0.25, 0.3) is 0 Å². The van der Waals surface area contributed by atoms with E-state index in [1.807, 2.05) is 6.07 Å². The predicted octanol–water partition coefficient (Wildman–Crippen LogP) is 2.56. The maximum Gasteiger partial charge on any atom is 0.0621 e. The van der Waals surface area contributed by atoms with Crippen LogP contribution in [0.1, 0.15) is 31.2 Å². The third kappa shape index (κ3) is 3.95. The third-order valence-corrected chi connectivity index (χ3v) is 3.52. The van der Waals surface area contributed by atoms with Crippen LogP contribution in [0, 0.1) is 0 Å². The first-order valence-corrected chi connectivity index (χ1v) is 6.59. The maximum atomic E-state index is 6.15. The highest BCUT2D eigenvalue weighted by Crippen LogP contribution is 2.20. The first kappa shape index (κ1) is 12.8. The molecule has 0 aliphatic carbocycles. The highest BCUT2D eigenvalue weighted by Gasteiger charge is 2.18. The molecule has 0 aromatic carbocycles. The van der Waals surface area contributed by atoms with E-state index < -0.39 is 0 Å². The van der Waals surface area contributed by atoms with E-state index in [1.165, 1.54) is 12.8 Å². The van der Waals surface area contributed by atoms with Crippen molar-refractivity contribution >= 4 is 11.6 Å². The molecule has 0 saturated carbocycles. The predicted molar refractivity (Wildman–Crippen MR) is 69.1 cm³/mol. The Balaban J connectivity index is 1.84. The van der Waals surface area contributed by atoms with Crippen LogP contribution in [0.5, 0.6) is 0 Å². The van der Waals surface area contributed by atoms with Gasteiger partial charge in [0, 0.05) is 25.0 Å². The SMILES string of the molecule is NC(Cc1ccncc1Cl)CC1CCCCO1. The molecule has 2 atom stereocenters. The fraction of sp³-hybridized carbons (Fsp3) is 0.615. The molecule has 2 N–H and O–H groups in total. The smallest absolute Gasteiger partial charge is 0.0621 e. The van der Waals surface area contributed by atoms with Gasteiger partial charge in [0.2, 0.25) is 0 Å². The van der Waals surface area contributed by atoms with Gasteiger partial charge in [0.05, 0.1) is 11.1 Å². The molecule has 1 aromatic rings. The van der Waals surface area contributed by atoms with Crippen LogP contribution < -0.4 is 5.73 Å². The van der Waals surface area contributed by atoms with Crippen molar-refractivity contribution in [3.8, 4) is 0 Å². The fourth-order valence-corrected chi connectivity index (χ4v) is 2.46. The first-order valence-electron chi connectivity index (χ1n) is 6.21. The number of rotatable bonds is 4. The lowest BCUT2D eigenvalue weighted by molar-refractivity contribution is 0.00747. The lowest BCUT2D eigenvalue weighted by Gasteiger charge is -2.25. The third-order valence-electron chi connectivity index (χ3n) is 3.18. The second kappa shape index (κ2) is 6.34. The standard InChI is InChI=1S/C13H19ClN2O/c14-13-9-16-5-4-10(13)7-11(15)8-12-3-1-2-6-17-12/h4-5,9,11-12H,1-3,6-8,15H2. The molecule has 1 fully saturated rings. The number of nitrogens with zero attached hydrogens (tertiary/aromatic N) is 1. The van der Waals surface area contributed by atoms with E-state index in [-0.39, 0.29) is 6.04 Å². The fourth-order valence-electron chi connectivity index (χ4n) is 2.27.